The highest BCUT2D eigenvalue weighted by Crippen LogP contribution is 2.23. The number of rotatable bonds is 8. The fraction of sp³-hybridized carbons (Fsp3) is 0.235. The predicted molar refractivity (Wildman–Crippen MR) is 94.0 cm³/mol. The van der Waals surface area contributed by atoms with Crippen molar-refractivity contribution in [3.05, 3.63) is 54.1 Å². The van der Waals surface area contributed by atoms with Crippen LogP contribution < -0.4 is 10.0 Å². The lowest BCUT2D eigenvalue weighted by Gasteiger charge is -2.12. The zero-order valence-corrected chi connectivity index (χ0v) is 14.1. The highest BCUT2D eigenvalue weighted by molar-refractivity contribution is 7.92. The number of anilines is 2. The molecule has 0 atom stereocenters. The van der Waals surface area contributed by atoms with Crippen LogP contribution in [0, 0.1) is 0 Å². The Balaban J connectivity index is 2.30. The van der Waals surface area contributed by atoms with E-state index in [0.29, 0.717) is 17.9 Å². The number of aromatic carboxylic acids is 1. The maximum Gasteiger partial charge on any atom is 0.337 e. The van der Waals surface area contributed by atoms with E-state index in [1.54, 1.807) is 30.3 Å². The highest BCUT2D eigenvalue weighted by Gasteiger charge is 2.19. The van der Waals surface area contributed by atoms with Crippen molar-refractivity contribution in [3.8, 4) is 0 Å². The third-order valence-corrected chi connectivity index (χ3v) is 4.78. The van der Waals surface area contributed by atoms with Gasteiger partial charge < -0.3 is 10.4 Å². The number of carboxylic acid groups (broad SMARTS) is 1. The molecule has 0 radical (unpaired) electrons. The number of para-hydroxylation sites is 1. The zero-order valence-electron chi connectivity index (χ0n) is 13.3. The molecule has 24 heavy (non-hydrogen) atoms. The summed E-state index contributed by atoms with van der Waals surface area (Å²) in [6.45, 7) is 2.66. The van der Waals surface area contributed by atoms with E-state index in [2.05, 4.69) is 10.0 Å². The van der Waals surface area contributed by atoms with Gasteiger partial charge >= 0.3 is 5.97 Å². The van der Waals surface area contributed by atoms with Crippen molar-refractivity contribution < 1.29 is 18.3 Å². The number of hydrogen-bond acceptors (Lipinski definition) is 4. The number of unbranched alkanes of at least 4 members (excludes halogenated alkanes) is 1. The Morgan fingerprint density at radius 2 is 1.83 bits per heavy atom. The summed E-state index contributed by atoms with van der Waals surface area (Å²) in [5.74, 6) is -1.18. The standard InChI is InChI=1S/C17H20N2O4S/c1-2-3-11-18-16-10-9-14(12-15(16)17(20)21)24(22,23)19-13-7-5-4-6-8-13/h4-10,12,18-19H,2-3,11H2,1H3,(H,20,21). The lowest BCUT2D eigenvalue weighted by atomic mass is 10.1. The van der Waals surface area contributed by atoms with Gasteiger partial charge in [0.2, 0.25) is 0 Å². The summed E-state index contributed by atoms with van der Waals surface area (Å²) in [5.41, 5.74) is 0.760. The molecule has 128 valence electrons. The topological polar surface area (TPSA) is 95.5 Å². The first kappa shape index (κ1) is 17.8. The molecule has 3 N–H and O–H groups in total. The van der Waals surface area contributed by atoms with Crippen LogP contribution in [0.25, 0.3) is 0 Å². The molecular formula is C17H20N2O4S. The van der Waals surface area contributed by atoms with Crippen LogP contribution in [0.4, 0.5) is 11.4 Å². The molecule has 0 spiro atoms. The first-order valence-corrected chi connectivity index (χ1v) is 9.11. The van der Waals surface area contributed by atoms with Crippen LogP contribution in [0.1, 0.15) is 30.1 Å². The summed E-state index contributed by atoms with van der Waals surface area (Å²) in [5, 5.41) is 12.4. The second-order valence-corrected chi connectivity index (χ2v) is 6.95. The molecule has 0 heterocycles. The van der Waals surface area contributed by atoms with E-state index in [4.69, 9.17) is 0 Å². The Bertz CT molecular complexity index is 805. The monoisotopic (exact) mass is 348 g/mol. The molecule has 2 aromatic rings. The molecule has 0 saturated carbocycles. The molecular weight excluding hydrogens is 328 g/mol. The lowest BCUT2D eigenvalue weighted by molar-refractivity contribution is 0.0697. The van der Waals surface area contributed by atoms with Gasteiger partial charge in [0.15, 0.2) is 0 Å². The van der Waals surface area contributed by atoms with Crippen LogP contribution in [-0.4, -0.2) is 26.0 Å². The molecule has 0 aliphatic rings. The van der Waals surface area contributed by atoms with E-state index in [1.807, 2.05) is 6.92 Å². The summed E-state index contributed by atoms with van der Waals surface area (Å²) in [6, 6.07) is 12.5. The van der Waals surface area contributed by atoms with Crippen LogP contribution in [0.5, 0.6) is 0 Å². The van der Waals surface area contributed by atoms with Gasteiger partial charge in [-0.15, -0.1) is 0 Å². The zero-order chi connectivity index (χ0) is 17.6. The van der Waals surface area contributed by atoms with Crippen molar-refractivity contribution in [2.45, 2.75) is 24.7 Å². The minimum Gasteiger partial charge on any atom is -0.478 e. The van der Waals surface area contributed by atoms with Gasteiger partial charge in [0.25, 0.3) is 10.0 Å². The molecule has 0 bridgehead atoms. The van der Waals surface area contributed by atoms with Crippen molar-refractivity contribution in [1.82, 2.24) is 0 Å². The van der Waals surface area contributed by atoms with Gasteiger partial charge in [0, 0.05) is 17.9 Å². The summed E-state index contributed by atoms with van der Waals surface area (Å²) >= 11 is 0. The van der Waals surface area contributed by atoms with Gasteiger partial charge in [-0.1, -0.05) is 31.5 Å². The summed E-state index contributed by atoms with van der Waals surface area (Å²) in [6.07, 6.45) is 1.87. The van der Waals surface area contributed by atoms with Gasteiger partial charge in [-0.2, -0.15) is 0 Å². The normalized spacial score (nSPS) is 11.0. The predicted octanol–water partition coefficient (Wildman–Crippen LogP) is 3.40. The molecule has 0 aromatic heterocycles. The summed E-state index contributed by atoms with van der Waals surface area (Å²) in [7, 11) is -3.85. The van der Waals surface area contributed by atoms with E-state index in [1.165, 1.54) is 18.2 Å². The Kier molecular flexibility index (Phi) is 5.81. The third kappa shape index (κ3) is 4.48. The van der Waals surface area contributed by atoms with Crippen LogP contribution in [0.3, 0.4) is 0 Å². The Hall–Kier alpha value is -2.54. The van der Waals surface area contributed by atoms with E-state index in [0.717, 1.165) is 12.8 Å². The maximum absolute atomic E-state index is 12.4. The van der Waals surface area contributed by atoms with Crippen molar-refractivity contribution in [1.29, 1.82) is 0 Å². The Morgan fingerprint density at radius 1 is 1.12 bits per heavy atom. The molecule has 0 aliphatic carbocycles. The minimum atomic E-state index is -3.85. The van der Waals surface area contributed by atoms with E-state index in [-0.39, 0.29) is 10.5 Å². The molecule has 6 nitrogen and oxygen atoms in total. The Morgan fingerprint density at radius 3 is 2.46 bits per heavy atom. The van der Waals surface area contributed by atoms with E-state index >= 15 is 0 Å². The van der Waals surface area contributed by atoms with E-state index in [9.17, 15) is 18.3 Å². The second-order valence-electron chi connectivity index (χ2n) is 5.26. The summed E-state index contributed by atoms with van der Waals surface area (Å²) in [4.78, 5) is 11.3. The van der Waals surface area contributed by atoms with Crippen molar-refractivity contribution in [2.24, 2.45) is 0 Å². The van der Waals surface area contributed by atoms with Crippen molar-refractivity contribution in [2.75, 3.05) is 16.6 Å². The quantitative estimate of drug-likeness (QED) is 0.636. The van der Waals surface area contributed by atoms with Crippen LogP contribution in [0.2, 0.25) is 0 Å². The number of benzene rings is 2. The third-order valence-electron chi connectivity index (χ3n) is 3.40. The number of hydrogen-bond donors (Lipinski definition) is 3. The van der Waals surface area contributed by atoms with Crippen molar-refractivity contribution >= 4 is 27.4 Å². The molecule has 0 saturated heterocycles. The van der Waals surface area contributed by atoms with E-state index < -0.39 is 16.0 Å². The number of sulfonamides is 1. The highest BCUT2D eigenvalue weighted by atomic mass is 32.2. The van der Waals surface area contributed by atoms with Crippen LogP contribution >= 0.6 is 0 Å². The molecule has 2 rings (SSSR count). The number of carbonyl (C=O) groups is 1. The molecule has 0 unspecified atom stereocenters. The fourth-order valence-electron chi connectivity index (χ4n) is 2.14. The molecule has 0 amide bonds. The van der Waals surface area contributed by atoms with Crippen LogP contribution in [-0.2, 0) is 10.0 Å². The fourth-order valence-corrected chi connectivity index (χ4v) is 3.23. The van der Waals surface area contributed by atoms with Gasteiger partial charge in [-0.25, -0.2) is 13.2 Å². The molecule has 0 aliphatic heterocycles. The summed E-state index contributed by atoms with van der Waals surface area (Å²) < 4.78 is 27.3. The molecule has 0 fully saturated rings. The molecule has 2 aromatic carbocycles. The number of carboxylic acids is 1. The van der Waals surface area contributed by atoms with Crippen LogP contribution in [0.15, 0.2) is 53.4 Å². The van der Waals surface area contributed by atoms with Gasteiger partial charge in [0.1, 0.15) is 0 Å². The van der Waals surface area contributed by atoms with Crippen molar-refractivity contribution in [3.63, 3.8) is 0 Å². The number of nitrogens with one attached hydrogen (secondary N) is 2. The van der Waals surface area contributed by atoms with Gasteiger partial charge in [-0.05, 0) is 36.8 Å². The largest absolute Gasteiger partial charge is 0.478 e. The van der Waals surface area contributed by atoms with Gasteiger partial charge in [0.05, 0.1) is 10.5 Å². The first-order chi connectivity index (χ1) is 11.4. The molecule has 7 heteroatoms. The minimum absolute atomic E-state index is 0.0676. The smallest absolute Gasteiger partial charge is 0.337 e. The average Bonchev–Trinajstić information content (AvgIpc) is 2.55. The first-order valence-electron chi connectivity index (χ1n) is 7.63. The van der Waals surface area contributed by atoms with Gasteiger partial charge in [-0.3, -0.25) is 4.72 Å². The average molecular weight is 348 g/mol. The second kappa shape index (κ2) is 7.83. The SMILES string of the molecule is CCCCNc1ccc(S(=O)(=O)Nc2ccccc2)cc1C(=O)O. The Labute approximate surface area is 141 Å². The lowest BCUT2D eigenvalue weighted by Crippen LogP contribution is -2.15. The maximum atomic E-state index is 12.4.